The molecule has 0 unspecified atom stereocenters. The Morgan fingerprint density at radius 2 is 1.67 bits per heavy atom. The van der Waals surface area contributed by atoms with Crippen LogP contribution in [0.15, 0.2) is 30.3 Å². The SMILES string of the molecule is NCCC[C@H](N)C(=O)O.O=C(O)C(=O)Cc1ccccc1. The molecule has 6 N–H and O–H groups in total. The van der Waals surface area contributed by atoms with Crippen molar-refractivity contribution in [3.05, 3.63) is 35.9 Å². The van der Waals surface area contributed by atoms with Crippen molar-refractivity contribution in [1.82, 2.24) is 0 Å². The standard InChI is InChI=1S/C9H8O3.C5H12N2O2/c10-8(9(11)12)6-7-4-2-1-3-5-7;6-3-1-2-4(7)5(8)9/h1-5H,6H2,(H,11,12);4H,1-3,6-7H2,(H,8,9)/t;4-/m.0/s1. The van der Waals surface area contributed by atoms with Crippen molar-refractivity contribution in [2.75, 3.05) is 6.54 Å². The second kappa shape index (κ2) is 10.5. The van der Waals surface area contributed by atoms with Crippen LogP contribution in [-0.2, 0) is 20.8 Å². The van der Waals surface area contributed by atoms with Crippen molar-refractivity contribution in [1.29, 1.82) is 0 Å². The van der Waals surface area contributed by atoms with E-state index in [2.05, 4.69) is 0 Å². The lowest BCUT2D eigenvalue weighted by atomic mass is 10.1. The summed E-state index contributed by atoms with van der Waals surface area (Å²) in [6.07, 6.45) is 1.11. The Labute approximate surface area is 122 Å². The summed E-state index contributed by atoms with van der Waals surface area (Å²) in [5, 5.41) is 16.5. The molecule has 0 fully saturated rings. The molecule has 0 spiro atoms. The fourth-order valence-corrected chi connectivity index (χ4v) is 1.32. The van der Waals surface area contributed by atoms with Gasteiger partial charge in [0.05, 0.1) is 0 Å². The first kappa shape index (κ1) is 18.8. The van der Waals surface area contributed by atoms with E-state index in [1.807, 2.05) is 6.07 Å². The number of ketones is 1. The van der Waals surface area contributed by atoms with Gasteiger partial charge < -0.3 is 21.7 Å². The normalized spacial score (nSPS) is 11.0. The number of carboxylic acids is 2. The number of carbonyl (C=O) groups excluding carboxylic acids is 1. The van der Waals surface area contributed by atoms with Gasteiger partial charge in [0.25, 0.3) is 0 Å². The Kier molecular flexibility index (Phi) is 9.40. The Morgan fingerprint density at radius 1 is 1.10 bits per heavy atom. The molecule has 7 nitrogen and oxygen atoms in total. The maximum atomic E-state index is 10.7. The van der Waals surface area contributed by atoms with Gasteiger partial charge in [0.1, 0.15) is 6.04 Å². The van der Waals surface area contributed by atoms with E-state index in [-0.39, 0.29) is 6.42 Å². The van der Waals surface area contributed by atoms with E-state index < -0.39 is 23.8 Å². The van der Waals surface area contributed by atoms with E-state index in [1.165, 1.54) is 0 Å². The van der Waals surface area contributed by atoms with Crippen LogP contribution in [0.3, 0.4) is 0 Å². The van der Waals surface area contributed by atoms with Gasteiger partial charge in [-0.3, -0.25) is 9.59 Å². The quantitative estimate of drug-likeness (QED) is 0.519. The van der Waals surface area contributed by atoms with Crippen LogP contribution in [0.1, 0.15) is 18.4 Å². The van der Waals surface area contributed by atoms with Crippen LogP contribution in [-0.4, -0.2) is 40.5 Å². The fraction of sp³-hybridized carbons (Fsp3) is 0.357. The molecule has 116 valence electrons. The Bertz CT molecular complexity index is 462. The van der Waals surface area contributed by atoms with E-state index >= 15 is 0 Å². The predicted molar refractivity (Wildman–Crippen MR) is 76.7 cm³/mol. The number of nitrogens with two attached hydrogens (primary N) is 2. The van der Waals surface area contributed by atoms with Crippen LogP contribution in [0, 0.1) is 0 Å². The molecule has 0 saturated heterocycles. The molecule has 1 rings (SSSR count). The van der Waals surface area contributed by atoms with Gasteiger partial charge in [0.2, 0.25) is 5.78 Å². The summed E-state index contributed by atoms with van der Waals surface area (Å²) in [5.74, 6) is -3.11. The van der Waals surface area contributed by atoms with Crippen molar-refractivity contribution in [3.8, 4) is 0 Å². The Morgan fingerprint density at radius 3 is 2.10 bits per heavy atom. The lowest BCUT2D eigenvalue weighted by Gasteiger charge is -2.02. The lowest BCUT2D eigenvalue weighted by molar-refractivity contribution is -0.148. The number of carbonyl (C=O) groups is 3. The Balaban J connectivity index is 0.000000400. The van der Waals surface area contributed by atoms with Gasteiger partial charge in [-0.1, -0.05) is 30.3 Å². The van der Waals surface area contributed by atoms with Crippen LogP contribution in [0.2, 0.25) is 0 Å². The highest BCUT2D eigenvalue weighted by Crippen LogP contribution is 1.99. The third-order valence-electron chi connectivity index (χ3n) is 2.48. The van der Waals surface area contributed by atoms with Crippen LogP contribution in [0.25, 0.3) is 0 Å². The molecule has 0 aliphatic carbocycles. The van der Waals surface area contributed by atoms with Crippen LogP contribution in [0.4, 0.5) is 0 Å². The average Bonchev–Trinajstić information content (AvgIpc) is 2.46. The van der Waals surface area contributed by atoms with E-state index in [0.717, 1.165) is 5.56 Å². The molecule has 1 atom stereocenters. The number of carboxylic acid groups (broad SMARTS) is 2. The number of hydrogen-bond donors (Lipinski definition) is 4. The summed E-state index contributed by atoms with van der Waals surface area (Å²) in [4.78, 5) is 30.9. The third-order valence-corrected chi connectivity index (χ3v) is 2.48. The summed E-state index contributed by atoms with van der Waals surface area (Å²) >= 11 is 0. The van der Waals surface area contributed by atoms with Crippen molar-refractivity contribution in [3.63, 3.8) is 0 Å². The molecular weight excluding hydrogens is 276 g/mol. The predicted octanol–water partition coefficient (Wildman–Crippen LogP) is 0.0200. The van der Waals surface area contributed by atoms with Crippen LogP contribution < -0.4 is 11.5 Å². The van der Waals surface area contributed by atoms with E-state index in [4.69, 9.17) is 21.7 Å². The highest BCUT2D eigenvalue weighted by molar-refractivity contribution is 6.33. The van der Waals surface area contributed by atoms with Crippen molar-refractivity contribution >= 4 is 17.7 Å². The second-order valence-corrected chi connectivity index (χ2v) is 4.27. The number of rotatable bonds is 7. The maximum absolute atomic E-state index is 10.7. The number of aliphatic carboxylic acids is 2. The zero-order valence-corrected chi connectivity index (χ0v) is 11.6. The molecule has 7 heteroatoms. The van der Waals surface area contributed by atoms with Gasteiger partial charge >= 0.3 is 11.9 Å². The largest absolute Gasteiger partial charge is 0.480 e. The first-order valence-corrected chi connectivity index (χ1v) is 6.37. The minimum atomic E-state index is -1.38. The molecule has 21 heavy (non-hydrogen) atoms. The smallest absolute Gasteiger partial charge is 0.372 e. The summed E-state index contributed by atoms with van der Waals surface area (Å²) < 4.78 is 0. The first-order chi connectivity index (χ1) is 9.88. The number of benzene rings is 1. The van der Waals surface area contributed by atoms with E-state index in [9.17, 15) is 14.4 Å². The second-order valence-electron chi connectivity index (χ2n) is 4.27. The van der Waals surface area contributed by atoms with Gasteiger partial charge in [0, 0.05) is 6.42 Å². The van der Waals surface area contributed by atoms with Crippen molar-refractivity contribution in [2.24, 2.45) is 11.5 Å². The third kappa shape index (κ3) is 9.31. The van der Waals surface area contributed by atoms with Gasteiger partial charge in [-0.15, -0.1) is 0 Å². The highest BCUT2D eigenvalue weighted by atomic mass is 16.4. The van der Waals surface area contributed by atoms with E-state index in [1.54, 1.807) is 24.3 Å². The van der Waals surface area contributed by atoms with Gasteiger partial charge in [0.15, 0.2) is 0 Å². The summed E-state index contributed by atoms with van der Waals surface area (Å²) in [7, 11) is 0. The summed E-state index contributed by atoms with van der Waals surface area (Å²) in [6, 6.07) is 8.05. The average molecular weight is 296 g/mol. The molecular formula is C14H20N2O5. The van der Waals surface area contributed by atoms with Crippen LogP contribution >= 0.6 is 0 Å². The zero-order chi connectivity index (χ0) is 16.3. The Hall–Kier alpha value is -2.25. The zero-order valence-electron chi connectivity index (χ0n) is 11.6. The monoisotopic (exact) mass is 296 g/mol. The molecule has 0 heterocycles. The highest BCUT2D eigenvalue weighted by Gasteiger charge is 2.11. The molecule has 0 radical (unpaired) electrons. The molecule has 0 saturated carbocycles. The molecule has 1 aromatic rings. The first-order valence-electron chi connectivity index (χ1n) is 6.37. The molecule has 0 aliphatic heterocycles. The number of Topliss-reactive ketones (excluding diaryl/α,β-unsaturated/α-hetero) is 1. The van der Waals surface area contributed by atoms with Crippen molar-refractivity contribution in [2.45, 2.75) is 25.3 Å². The van der Waals surface area contributed by atoms with Gasteiger partial charge in [-0.05, 0) is 24.9 Å². The van der Waals surface area contributed by atoms with Crippen molar-refractivity contribution < 1.29 is 24.6 Å². The summed E-state index contributed by atoms with van der Waals surface area (Å²) in [6.45, 7) is 0.501. The topological polar surface area (TPSA) is 144 Å². The van der Waals surface area contributed by atoms with Crippen LogP contribution in [0.5, 0.6) is 0 Å². The molecule has 0 aromatic heterocycles. The molecule has 0 aliphatic rings. The maximum Gasteiger partial charge on any atom is 0.372 e. The number of hydrogen-bond acceptors (Lipinski definition) is 5. The molecule has 1 aromatic carbocycles. The molecule has 0 amide bonds. The fourth-order valence-electron chi connectivity index (χ4n) is 1.32. The molecule has 0 bridgehead atoms. The minimum Gasteiger partial charge on any atom is -0.480 e. The summed E-state index contributed by atoms with van der Waals surface area (Å²) in [5.41, 5.74) is 11.0. The van der Waals surface area contributed by atoms with Gasteiger partial charge in [-0.25, -0.2) is 4.79 Å². The lowest BCUT2D eigenvalue weighted by Crippen LogP contribution is -2.30. The van der Waals surface area contributed by atoms with Gasteiger partial charge in [-0.2, -0.15) is 0 Å². The minimum absolute atomic E-state index is 0.0316. The van der Waals surface area contributed by atoms with E-state index in [0.29, 0.717) is 19.4 Å².